The van der Waals surface area contributed by atoms with Gasteiger partial charge in [-0.2, -0.15) is 10.2 Å². The van der Waals surface area contributed by atoms with Crippen molar-refractivity contribution in [3.63, 3.8) is 0 Å². The molecule has 0 spiro atoms. The summed E-state index contributed by atoms with van der Waals surface area (Å²) in [7, 11) is 0. The van der Waals surface area contributed by atoms with Crippen molar-refractivity contribution in [3.8, 4) is 0 Å². The van der Waals surface area contributed by atoms with E-state index in [9.17, 15) is 0 Å². The molecule has 0 atom stereocenters. The van der Waals surface area contributed by atoms with Crippen LogP contribution in [0.3, 0.4) is 0 Å². The molecule has 1 aromatic carbocycles. The van der Waals surface area contributed by atoms with Crippen LogP contribution in [0.15, 0.2) is 41.6 Å². The molecule has 0 saturated heterocycles. The Morgan fingerprint density at radius 2 is 1.94 bits per heavy atom. The van der Waals surface area contributed by atoms with Crippen LogP contribution in [0.2, 0.25) is 10.2 Å². The van der Waals surface area contributed by atoms with Crippen molar-refractivity contribution < 1.29 is 0 Å². The number of benzene rings is 1. The van der Waals surface area contributed by atoms with Gasteiger partial charge in [-0.1, -0.05) is 53.5 Å². The molecular formula is C12H10Cl2N4. The van der Waals surface area contributed by atoms with E-state index in [1.54, 1.807) is 0 Å². The van der Waals surface area contributed by atoms with Crippen molar-refractivity contribution in [2.75, 3.05) is 5.43 Å². The average Bonchev–Trinajstić information content (AvgIpc) is 2.41. The van der Waals surface area contributed by atoms with E-state index in [-0.39, 0.29) is 5.15 Å². The molecule has 1 heterocycles. The summed E-state index contributed by atoms with van der Waals surface area (Å²) >= 11 is 11.7. The van der Waals surface area contributed by atoms with Crippen molar-refractivity contribution in [1.29, 1.82) is 0 Å². The average molecular weight is 281 g/mol. The summed E-state index contributed by atoms with van der Waals surface area (Å²) in [5.74, 6) is 0. The number of hydrazone groups is 1. The molecule has 0 bridgehead atoms. The second-order valence-electron chi connectivity index (χ2n) is 3.54. The number of halogens is 2. The van der Waals surface area contributed by atoms with Gasteiger partial charge in [0.25, 0.3) is 0 Å². The molecule has 0 unspecified atom stereocenters. The predicted octanol–water partition coefficient (Wildman–Crippen LogP) is 3.62. The van der Waals surface area contributed by atoms with E-state index in [4.69, 9.17) is 23.2 Å². The third-order valence-corrected chi connectivity index (χ3v) is 3.03. The first kappa shape index (κ1) is 12.8. The quantitative estimate of drug-likeness (QED) is 0.690. The molecule has 4 nitrogen and oxygen atoms in total. The zero-order chi connectivity index (χ0) is 13.0. The van der Waals surface area contributed by atoms with Crippen LogP contribution in [0, 0.1) is 0 Å². The van der Waals surface area contributed by atoms with Gasteiger partial charge in [-0.15, -0.1) is 5.10 Å². The summed E-state index contributed by atoms with van der Waals surface area (Å²) in [5, 5.41) is 12.0. The third-order valence-electron chi connectivity index (χ3n) is 2.29. The number of aromatic nitrogens is 2. The van der Waals surface area contributed by atoms with Crippen molar-refractivity contribution in [1.82, 2.24) is 10.2 Å². The lowest BCUT2D eigenvalue weighted by molar-refractivity contribution is 1.03. The number of nitrogens with one attached hydrogen (secondary N) is 1. The molecule has 0 aliphatic rings. The first-order valence-electron chi connectivity index (χ1n) is 5.21. The van der Waals surface area contributed by atoms with Crippen LogP contribution in [0.5, 0.6) is 0 Å². The van der Waals surface area contributed by atoms with Gasteiger partial charge < -0.3 is 0 Å². The van der Waals surface area contributed by atoms with Crippen molar-refractivity contribution in [2.24, 2.45) is 5.10 Å². The van der Waals surface area contributed by atoms with E-state index in [0.717, 1.165) is 11.3 Å². The largest absolute Gasteiger partial charge is 0.275 e. The highest BCUT2D eigenvalue weighted by atomic mass is 35.5. The fourth-order valence-electron chi connectivity index (χ4n) is 1.31. The Morgan fingerprint density at radius 1 is 1.22 bits per heavy atom. The van der Waals surface area contributed by atoms with E-state index in [1.165, 1.54) is 6.20 Å². The van der Waals surface area contributed by atoms with E-state index in [2.05, 4.69) is 20.7 Å². The zero-order valence-corrected chi connectivity index (χ0v) is 11.1. The molecule has 0 fully saturated rings. The molecule has 0 radical (unpaired) electrons. The van der Waals surface area contributed by atoms with Crippen LogP contribution in [-0.4, -0.2) is 15.9 Å². The highest BCUT2D eigenvalue weighted by molar-refractivity contribution is 6.42. The molecule has 6 heteroatoms. The standard InChI is InChI=1S/C12H10Cl2N4/c1-8(9-5-3-2-4-6-9)16-17-10-7-15-18-12(14)11(10)13/h2-7H,1H3,(H,17,18). The number of hydrogen-bond acceptors (Lipinski definition) is 4. The molecule has 92 valence electrons. The summed E-state index contributed by atoms with van der Waals surface area (Å²) in [4.78, 5) is 0. The Kier molecular flexibility index (Phi) is 4.12. The fraction of sp³-hybridized carbons (Fsp3) is 0.0833. The van der Waals surface area contributed by atoms with Gasteiger partial charge >= 0.3 is 0 Å². The molecule has 2 rings (SSSR count). The summed E-state index contributed by atoms with van der Waals surface area (Å²) in [6.07, 6.45) is 1.47. The Morgan fingerprint density at radius 3 is 2.67 bits per heavy atom. The van der Waals surface area contributed by atoms with E-state index in [1.807, 2.05) is 37.3 Å². The van der Waals surface area contributed by atoms with Gasteiger partial charge in [-0.3, -0.25) is 5.43 Å². The lowest BCUT2D eigenvalue weighted by Crippen LogP contribution is -2.00. The fourth-order valence-corrected chi connectivity index (χ4v) is 1.59. The molecule has 2 aromatic rings. The van der Waals surface area contributed by atoms with E-state index >= 15 is 0 Å². The van der Waals surface area contributed by atoms with Crippen LogP contribution in [0.1, 0.15) is 12.5 Å². The Hall–Kier alpha value is -1.65. The second kappa shape index (κ2) is 5.80. The lowest BCUT2D eigenvalue weighted by Gasteiger charge is -2.05. The first-order chi connectivity index (χ1) is 8.68. The van der Waals surface area contributed by atoms with E-state index in [0.29, 0.717) is 10.7 Å². The van der Waals surface area contributed by atoms with Gasteiger partial charge in [-0.05, 0) is 12.5 Å². The van der Waals surface area contributed by atoms with Gasteiger partial charge in [-0.25, -0.2) is 0 Å². The maximum Gasteiger partial charge on any atom is 0.172 e. The summed E-state index contributed by atoms with van der Waals surface area (Å²) in [6, 6.07) is 9.80. The SMILES string of the molecule is CC(=NNc1cnnc(Cl)c1Cl)c1ccccc1. The maximum absolute atomic E-state index is 5.96. The molecule has 18 heavy (non-hydrogen) atoms. The van der Waals surface area contributed by atoms with E-state index < -0.39 is 0 Å². The predicted molar refractivity (Wildman–Crippen MR) is 74.3 cm³/mol. The summed E-state index contributed by atoms with van der Waals surface area (Å²) in [5.41, 5.74) is 5.20. The highest BCUT2D eigenvalue weighted by Gasteiger charge is 2.05. The minimum absolute atomic E-state index is 0.147. The van der Waals surface area contributed by atoms with Crippen molar-refractivity contribution in [3.05, 3.63) is 52.3 Å². The van der Waals surface area contributed by atoms with Crippen LogP contribution in [-0.2, 0) is 0 Å². The maximum atomic E-state index is 5.96. The molecule has 0 aliphatic heterocycles. The number of hydrogen-bond donors (Lipinski definition) is 1. The Balaban J connectivity index is 2.18. The Bertz CT molecular complexity index is 570. The van der Waals surface area contributed by atoms with Crippen LogP contribution < -0.4 is 5.43 Å². The van der Waals surface area contributed by atoms with Crippen molar-refractivity contribution in [2.45, 2.75) is 6.92 Å². The molecule has 1 N–H and O–H groups in total. The summed E-state index contributed by atoms with van der Waals surface area (Å²) in [6.45, 7) is 1.90. The van der Waals surface area contributed by atoms with Crippen molar-refractivity contribution >= 4 is 34.6 Å². The first-order valence-corrected chi connectivity index (χ1v) is 5.96. The number of anilines is 1. The topological polar surface area (TPSA) is 50.2 Å². The van der Waals surface area contributed by atoms with Gasteiger partial charge in [0.1, 0.15) is 5.02 Å². The monoisotopic (exact) mass is 280 g/mol. The minimum atomic E-state index is 0.147. The molecule has 0 amide bonds. The van der Waals surface area contributed by atoms with Gasteiger partial charge in [0.2, 0.25) is 0 Å². The zero-order valence-electron chi connectivity index (χ0n) is 9.56. The Labute approximate surface area is 115 Å². The van der Waals surface area contributed by atoms with Crippen LogP contribution in [0.4, 0.5) is 5.69 Å². The minimum Gasteiger partial charge on any atom is -0.275 e. The van der Waals surface area contributed by atoms with Crippen LogP contribution >= 0.6 is 23.2 Å². The molecular weight excluding hydrogens is 271 g/mol. The second-order valence-corrected chi connectivity index (χ2v) is 4.27. The third kappa shape index (κ3) is 2.97. The highest BCUT2D eigenvalue weighted by Crippen LogP contribution is 2.26. The molecule has 0 aliphatic carbocycles. The summed E-state index contributed by atoms with van der Waals surface area (Å²) < 4.78 is 0. The normalized spacial score (nSPS) is 11.4. The van der Waals surface area contributed by atoms with Crippen LogP contribution in [0.25, 0.3) is 0 Å². The lowest BCUT2D eigenvalue weighted by atomic mass is 10.1. The smallest absolute Gasteiger partial charge is 0.172 e. The van der Waals surface area contributed by atoms with Gasteiger partial charge in [0.05, 0.1) is 17.6 Å². The molecule has 0 saturated carbocycles. The van der Waals surface area contributed by atoms with Gasteiger partial charge in [0.15, 0.2) is 5.15 Å². The number of nitrogens with zero attached hydrogens (tertiary/aromatic N) is 3. The number of rotatable bonds is 3. The molecule has 1 aromatic heterocycles. The van der Waals surface area contributed by atoms with Gasteiger partial charge in [0, 0.05) is 0 Å².